The molecule has 0 aliphatic carbocycles. The summed E-state index contributed by atoms with van der Waals surface area (Å²) in [5.41, 5.74) is -0.219. The monoisotopic (exact) mass is 302 g/mol. The normalized spacial score (nSPS) is 22.7. The van der Waals surface area contributed by atoms with Gasteiger partial charge in [0.15, 0.2) is 0 Å². The number of nitrogens with zero attached hydrogens (tertiary/aromatic N) is 2. The van der Waals surface area contributed by atoms with Gasteiger partial charge in [-0.3, -0.25) is 15.0 Å². The number of rotatable bonds is 4. The van der Waals surface area contributed by atoms with E-state index in [2.05, 4.69) is 0 Å². The minimum atomic E-state index is -0.986. The van der Waals surface area contributed by atoms with Gasteiger partial charge in [0.1, 0.15) is 5.60 Å². The largest absolute Gasteiger partial charge is 0.444 e. The number of aliphatic hydroxyl groups excluding tert-OH is 2. The molecule has 8 heteroatoms. The Balaban J connectivity index is 2.82. The van der Waals surface area contributed by atoms with Crippen LogP contribution in [0.3, 0.4) is 0 Å². The van der Waals surface area contributed by atoms with E-state index < -0.39 is 28.8 Å². The maximum absolute atomic E-state index is 12.0. The molecule has 0 aromatic rings. The summed E-state index contributed by atoms with van der Waals surface area (Å²) in [7, 11) is 0. The topological polar surface area (TPSA) is 113 Å². The lowest BCUT2D eigenvalue weighted by molar-refractivity contribution is -0.479. The molecular formula is C13H22N2O6. The van der Waals surface area contributed by atoms with Crippen molar-refractivity contribution in [3.05, 3.63) is 21.8 Å². The van der Waals surface area contributed by atoms with Gasteiger partial charge in [0.2, 0.25) is 6.54 Å². The summed E-state index contributed by atoms with van der Waals surface area (Å²) in [6, 6.07) is -0.648. The zero-order valence-electron chi connectivity index (χ0n) is 12.5. The van der Waals surface area contributed by atoms with Gasteiger partial charge in [0.05, 0.1) is 25.3 Å². The lowest BCUT2D eigenvalue weighted by Gasteiger charge is -2.36. The number of hydrogen-bond donors (Lipinski definition) is 2. The van der Waals surface area contributed by atoms with Gasteiger partial charge in [-0.15, -0.1) is 0 Å². The Labute approximate surface area is 123 Å². The van der Waals surface area contributed by atoms with Crippen LogP contribution in [0.4, 0.5) is 4.79 Å². The highest BCUT2D eigenvalue weighted by Gasteiger charge is 2.33. The van der Waals surface area contributed by atoms with E-state index in [1.807, 2.05) is 0 Å². The Morgan fingerprint density at radius 1 is 1.57 bits per heavy atom. The van der Waals surface area contributed by atoms with Crippen LogP contribution in [0, 0.1) is 10.1 Å². The van der Waals surface area contributed by atoms with Crippen LogP contribution in [0.5, 0.6) is 0 Å². The van der Waals surface area contributed by atoms with Crippen LogP contribution in [0.15, 0.2) is 11.6 Å². The Hall–Kier alpha value is -1.67. The van der Waals surface area contributed by atoms with Gasteiger partial charge in [-0.05, 0) is 26.3 Å². The summed E-state index contributed by atoms with van der Waals surface area (Å²) in [5.74, 6) is 0. The van der Waals surface area contributed by atoms with Crippen molar-refractivity contribution in [1.29, 1.82) is 0 Å². The predicted molar refractivity (Wildman–Crippen MR) is 74.4 cm³/mol. The van der Waals surface area contributed by atoms with Crippen molar-refractivity contribution >= 4 is 6.09 Å². The number of hydrogen-bond acceptors (Lipinski definition) is 6. The van der Waals surface area contributed by atoms with Crippen LogP contribution < -0.4 is 0 Å². The summed E-state index contributed by atoms with van der Waals surface area (Å²) < 4.78 is 5.22. The molecule has 0 saturated heterocycles. The molecule has 0 bridgehead atoms. The number of carbonyl (C=O) groups excluding carboxylic acids is 1. The summed E-state index contributed by atoms with van der Waals surface area (Å²) in [6.45, 7) is 4.47. The first-order valence-corrected chi connectivity index (χ1v) is 6.75. The van der Waals surface area contributed by atoms with Gasteiger partial charge in [-0.2, -0.15) is 0 Å². The van der Waals surface area contributed by atoms with E-state index in [0.29, 0.717) is 5.57 Å². The van der Waals surface area contributed by atoms with Crippen LogP contribution in [-0.4, -0.2) is 63.6 Å². The fourth-order valence-electron chi connectivity index (χ4n) is 2.04. The smallest absolute Gasteiger partial charge is 0.410 e. The first kappa shape index (κ1) is 17.4. The molecule has 1 aliphatic heterocycles. The van der Waals surface area contributed by atoms with Gasteiger partial charge < -0.3 is 14.9 Å². The van der Waals surface area contributed by atoms with E-state index in [1.165, 1.54) is 11.0 Å². The third-order valence-corrected chi connectivity index (χ3v) is 3.00. The van der Waals surface area contributed by atoms with E-state index in [9.17, 15) is 25.1 Å². The van der Waals surface area contributed by atoms with Gasteiger partial charge in [0, 0.05) is 11.3 Å². The molecule has 2 atom stereocenters. The van der Waals surface area contributed by atoms with E-state index in [4.69, 9.17) is 4.74 Å². The lowest BCUT2D eigenvalue weighted by Crippen LogP contribution is -2.51. The zero-order chi connectivity index (χ0) is 16.2. The summed E-state index contributed by atoms with van der Waals surface area (Å²) in [4.78, 5) is 23.2. The molecule has 0 aromatic heterocycles. The summed E-state index contributed by atoms with van der Waals surface area (Å²) >= 11 is 0. The first-order chi connectivity index (χ1) is 9.64. The molecule has 1 aliphatic rings. The summed E-state index contributed by atoms with van der Waals surface area (Å²) in [5, 5.41) is 29.8. The average molecular weight is 302 g/mol. The van der Waals surface area contributed by atoms with Crippen molar-refractivity contribution in [2.75, 3.05) is 19.7 Å². The van der Waals surface area contributed by atoms with Crippen LogP contribution in [0.1, 0.15) is 27.2 Å². The van der Waals surface area contributed by atoms with Crippen LogP contribution >= 0.6 is 0 Å². The maximum atomic E-state index is 12.0. The average Bonchev–Trinajstić information content (AvgIpc) is 2.34. The fourth-order valence-corrected chi connectivity index (χ4v) is 2.04. The molecule has 0 fully saturated rings. The van der Waals surface area contributed by atoms with Crippen molar-refractivity contribution in [3.8, 4) is 0 Å². The number of aliphatic hydroxyl groups is 2. The quantitative estimate of drug-likeness (QED) is 0.445. The SMILES string of the molecule is CC(C)(C)OC(=O)N1C[C@@H](O)C(CC[N+](=O)[O-])=C[C@H]1CO. The highest BCUT2D eigenvalue weighted by molar-refractivity contribution is 5.69. The van der Waals surface area contributed by atoms with Gasteiger partial charge in [0.25, 0.3) is 0 Å². The highest BCUT2D eigenvalue weighted by Crippen LogP contribution is 2.22. The Kier molecular flexibility index (Phi) is 5.68. The molecule has 2 N–H and O–H groups in total. The van der Waals surface area contributed by atoms with Crippen LogP contribution in [0.25, 0.3) is 0 Å². The molecule has 8 nitrogen and oxygen atoms in total. The minimum Gasteiger partial charge on any atom is -0.444 e. The Bertz CT molecular complexity index is 429. The lowest BCUT2D eigenvalue weighted by atomic mass is 9.97. The highest BCUT2D eigenvalue weighted by atomic mass is 16.6. The van der Waals surface area contributed by atoms with Crippen molar-refractivity contribution in [1.82, 2.24) is 4.90 Å². The third kappa shape index (κ3) is 5.31. The van der Waals surface area contributed by atoms with Crippen molar-refractivity contribution in [3.63, 3.8) is 0 Å². The fraction of sp³-hybridized carbons (Fsp3) is 0.769. The molecule has 1 rings (SSSR count). The van der Waals surface area contributed by atoms with E-state index in [0.717, 1.165) is 0 Å². The molecule has 120 valence electrons. The standard InChI is InChI=1S/C13H22N2O6/c1-13(2,3)21-12(18)14-7-11(17)9(4-5-15(19)20)6-10(14)8-16/h6,10-11,16-17H,4-5,7-8H2,1-3H3/t10-,11+/m0/s1. The molecule has 0 saturated carbocycles. The van der Waals surface area contributed by atoms with Crippen LogP contribution in [-0.2, 0) is 4.74 Å². The predicted octanol–water partition coefficient (Wildman–Crippen LogP) is 0.552. The second kappa shape index (κ2) is 6.86. The maximum Gasteiger partial charge on any atom is 0.410 e. The first-order valence-electron chi connectivity index (χ1n) is 6.75. The van der Waals surface area contributed by atoms with E-state index in [1.54, 1.807) is 20.8 Å². The molecule has 0 spiro atoms. The second-order valence-electron chi connectivity index (χ2n) is 5.95. The number of β-amino-alcohol motifs (C(OH)–C–C–N with tert-alkyl or cyclic N) is 1. The molecule has 21 heavy (non-hydrogen) atoms. The molecule has 0 radical (unpaired) electrons. The van der Waals surface area contributed by atoms with E-state index in [-0.39, 0.29) is 26.1 Å². The second-order valence-corrected chi connectivity index (χ2v) is 5.95. The molecule has 1 amide bonds. The zero-order valence-corrected chi connectivity index (χ0v) is 12.5. The Morgan fingerprint density at radius 2 is 2.19 bits per heavy atom. The van der Waals surface area contributed by atoms with Gasteiger partial charge in [-0.25, -0.2) is 4.79 Å². The molecule has 0 unspecified atom stereocenters. The van der Waals surface area contributed by atoms with E-state index >= 15 is 0 Å². The van der Waals surface area contributed by atoms with Gasteiger partial charge >= 0.3 is 6.09 Å². The van der Waals surface area contributed by atoms with Crippen molar-refractivity contribution in [2.45, 2.75) is 44.9 Å². The number of nitro groups is 1. The minimum absolute atomic E-state index is 0.0519. The number of ether oxygens (including phenoxy) is 1. The van der Waals surface area contributed by atoms with Crippen LogP contribution in [0.2, 0.25) is 0 Å². The summed E-state index contributed by atoms with van der Waals surface area (Å²) in [6.07, 6.45) is -0.0283. The van der Waals surface area contributed by atoms with Gasteiger partial charge in [-0.1, -0.05) is 6.08 Å². The Morgan fingerprint density at radius 3 is 2.67 bits per heavy atom. The molecule has 1 heterocycles. The van der Waals surface area contributed by atoms with Crippen molar-refractivity contribution < 1.29 is 24.7 Å². The van der Waals surface area contributed by atoms with Crippen molar-refractivity contribution in [2.24, 2.45) is 0 Å². The third-order valence-electron chi connectivity index (χ3n) is 3.00. The molecular weight excluding hydrogens is 280 g/mol. The number of amides is 1. The number of carbonyl (C=O) groups is 1. The molecule has 0 aromatic carbocycles.